The fraction of sp³-hybridized carbons (Fsp3) is 0.435. The van der Waals surface area contributed by atoms with Gasteiger partial charge in [-0.1, -0.05) is 56.3 Å². The van der Waals surface area contributed by atoms with Gasteiger partial charge in [-0.3, -0.25) is 4.79 Å². The molecule has 4 N–H and O–H groups in total. The first kappa shape index (κ1) is 21.9. The zero-order valence-corrected chi connectivity index (χ0v) is 16.6. The molecule has 28 heavy (non-hydrogen) atoms. The monoisotopic (exact) mass is 385 g/mol. The van der Waals surface area contributed by atoms with Crippen LogP contribution in [0.5, 0.6) is 5.75 Å². The molecule has 1 aliphatic heterocycles. The maximum absolute atomic E-state index is 11.8. The second-order valence-corrected chi connectivity index (χ2v) is 8.10. The summed E-state index contributed by atoms with van der Waals surface area (Å²) in [6.45, 7) is 6.79. The van der Waals surface area contributed by atoms with Crippen LogP contribution in [-0.4, -0.2) is 46.2 Å². The van der Waals surface area contributed by atoms with Crippen molar-refractivity contribution in [2.75, 3.05) is 19.6 Å². The minimum absolute atomic E-state index is 0. The number of hydrogen-bond acceptors (Lipinski definition) is 3. The second kappa shape index (κ2) is 9.22. The molecule has 1 aliphatic rings. The second-order valence-electron chi connectivity index (χ2n) is 8.10. The Balaban J connectivity index is 0.00000280. The van der Waals surface area contributed by atoms with E-state index in [4.69, 9.17) is 0 Å². The molecule has 2 aromatic rings. The van der Waals surface area contributed by atoms with Crippen LogP contribution >= 0.6 is 0 Å². The minimum Gasteiger partial charge on any atom is -0.508 e. The summed E-state index contributed by atoms with van der Waals surface area (Å²) in [6, 6.07) is 17.4. The molecule has 1 saturated heterocycles. The number of benzene rings is 2. The lowest BCUT2D eigenvalue weighted by molar-refractivity contribution is -0.142. The third kappa shape index (κ3) is 4.91. The summed E-state index contributed by atoms with van der Waals surface area (Å²) >= 11 is 0. The van der Waals surface area contributed by atoms with E-state index in [1.165, 1.54) is 0 Å². The van der Waals surface area contributed by atoms with Gasteiger partial charge in [-0.05, 0) is 54.0 Å². The predicted octanol–water partition coefficient (Wildman–Crippen LogP) is 3.11. The largest absolute Gasteiger partial charge is 0.508 e. The van der Waals surface area contributed by atoms with Gasteiger partial charge in [-0.15, -0.1) is 0 Å². The first-order valence-corrected chi connectivity index (χ1v) is 9.67. The Morgan fingerprint density at radius 1 is 1.21 bits per heavy atom. The molecule has 0 saturated carbocycles. The van der Waals surface area contributed by atoms with Crippen molar-refractivity contribution >= 4 is 5.97 Å². The number of nitrogens with zero attached hydrogens (tertiary/aromatic N) is 1. The Morgan fingerprint density at radius 2 is 1.93 bits per heavy atom. The maximum Gasteiger partial charge on any atom is 0.308 e. The van der Waals surface area contributed by atoms with Crippen molar-refractivity contribution in [3.05, 3.63) is 65.7 Å². The van der Waals surface area contributed by atoms with Gasteiger partial charge in [-0.2, -0.15) is 0 Å². The van der Waals surface area contributed by atoms with E-state index in [9.17, 15) is 15.0 Å². The van der Waals surface area contributed by atoms with Gasteiger partial charge < -0.3 is 20.6 Å². The fourth-order valence-corrected chi connectivity index (χ4v) is 4.21. The molecule has 0 spiro atoms. The lowest BCUT2D eigenvalue weighted by Crippen LogP contribution is -2.49. The van der Waals surface area contributed by atoms with Crippen molar-refractivity contribution in [3.63, 3.8) is 0 Å². The molecular formula is C23H31NO4. The zero-order valence-electron chi connectivity index (χ0n) is 16.6. The van der Waals surface area contributed by atoms with Gasteiger partial charge in [0.15, 0.2) is 0 Å². The van der Waals surface area contributed by atoms with E-state index < -0.39 is 11.9 Å². The normalized spacial score (nSPS) is 23.6. The van der Waals surface area contributed by atoms with Crippen molar-refractivity contribution < 1.29 is 20.5 Å². The van der Waals surface area contributed by atoms with Crippen LogP contribution in [0.3, 0.4) is 0 Å². The smallest absolute Gasteiger partial charge is 0.308 e. The van der Waals surface area contributed by atoms with Crippen LogP contribution in [-0.2, 0) is 16.6 Å². The Kier molecular flexibility index (Phi) is 7.22. The number of carboxylic acid groups (broad SMARTS) is 1. The molecule has 0 bridgehead atoms. The summed E-state index contributed by atoms with van der Waals surface area (Å²) in [5.41, 5.74) is 2.22. The van der Waals surface area contributed by atoms with E-state index in [1.807, 2.05) is 42.5 Å². The molecule has 1 fully saturated rings. The molecule has 3 unspecified atom stereocenters. The average molecular weight is 386 g/mol. The number of aliphatic carboxylic acids is 1. The van der Waals surface area contributed by atoms with Crippen molar-refractivity contribution in [1.82, 2.24) is 4.90 Å². The van der Waals surface area contributed by atoms with Crippen LogP contribution in [0.2, 0.25) is 0 Å². The summed E-state index contributed by atoms with van der Waals surface area (Å²) in [7, 11) is 0. The van der Waals surface area contributed by atoms with Crippen LogP contribution in [0.1, 0.15) is 31.4 Å². The number of likely N-dealkylation sites (tertiary alicyclic amines) is 1. The number of hydrogen-bond donors (Lipinski definition) is 2. The maximum atomic E-state index is 11.8. The Bertz CT molecular complexity index is 779. The third-order valence-corrected chi connectivity index (χ3v) is 6.23. The zero-order chi connectivity index (χ0) is 19.4. The van der Waals surface area contributed by atoms with Crippen LogP contribution in [0.4, 0.5) is 0 Å². The van der Waals surface area contributed by atoms with Crippen molar-refractivity contribution in [1.29, 1.82) is 0 Å². The molecule has 1 heterocycles. The van der Waals surface area contributed by atoms with Gasteiger partial charge in [-0.25, -0.2) is 0 Å². The molecule has 0 aliphatic carbocycles. The molecule has 0 radical (unpaired) electrons. The molecule has 2 aromatic carbocycles. The number of carbonyl (C=O) groups is 1. The first-order valence-electron chi connectivity index (χ1n) is 9.67. The quantitative estimate of drug-likeness (QED) is 0.799. The van der Waals surface area contributed by atoms with Crippen molar-refractivity contribution in [2.45, 2.75) is 32.1 Å². The van der Waals surface area contributed by atoms with Crippen LogP contribution < -0.4 is 0 Å². The molecule has 0 amide bonds. The lowest BCUT2D eigenvalue weighted by Gasteiger charge is -2.45. The van der Waals surface area contributed by atoms with Crippen LogP contribution in [0, 0.1) is 11.8 Å². The highest BCUT2D eigenvalue weighted by atomic mass is 16.4. The predicted molar refractivity (Wildman–Crippen MR) is 111 cm³/mol. The summed E-state index contributed by atoms with van der Waals surface area (Å²) < 4.78 is 0. The van der Waals surface area contributed by atoms with E-state index in [1.54, 1.807) is 6.07 Å². The molecule has 5 heteroatoms. The van der Waals surface area contributed by atoms with Crippen LogP contribution in [0.25, 0.3) is 0 Å². The Morgan fingerprint density at radius 3 is 2.54 bits per heavy atom. The van der Waals surface area contributed by atoms with E-state index in [0.29, 0.717) is 24.6 Å². The number of phenolic OH excluding ortho intramolecular Hbond substituents is 1. The van der Waals surface area contributed by atoms with Gasteiger partial charge in [0.05, 0.1) is 5.92 Å². The van der Waals surface area contributed by atoms with Gasteiger partial charge >= 0.3 is 5.97 Å². The van der Waals surface area contributed by atoms with Crippen molar-refractivity contribution in [2.24, 2.45) is 11.8 Å². The highest BCUT2D eigenvalue weighted by molar-refractivity contribution is 5.70. The van der Waals surface area contributed by atoms with E-state index in [2.05, 4.69) is 24.8 Å². The standard InChI is InChI=1S/C23H29NO3.H2O/c1-17-15-24(12-11-23(17,2)20-9-6-10-21(25)14-20)16-19(22(26)27)13-18-7-4-3-5-8-18;/h3-10,14,17,19,25H,11-13,15-16H2,1-2H3,(H,26,27);1H2. The molecular weight excluding hydrogens is 354 g/mol. The Hall–Kier alpha value is -2.37. The summed E-state index contributed by atoms with van der Waals surface area (Å²) in [5, 5.41) is 19.5. The molecule has 3 atom stereocenters. The third-order valence-electron chi connectivity index (χ3n) is 6.23. The van der Waals surface area contributed by atoms with E-state index >= 15 is 0 Å². The highest BCUT2D eigenvalue weighted by Gasteiger charge is 2.39. The van der Waals surface area contributed by atoms with Gasteiger partial charge in [0.1, 0.15) is 5.75 Å². The fourth-order valence-electron chi connectivity index (χ4n) is 4.21. The lowest BCUT2D eigenvalue weighted by atomic mass is 9.68. The van der Waals surface area contributed by atoms with Gasteiger partial charge in [0.2, 0.25) is 0 Å². The molecule has 0 aromatic heterocycles. The van der Waals surface area contributed by atoms with Crippen molar-refractivity contribution in [3.8, 4) is 5.75 Å². The average Bonchev–Trinajstić information content (AvgIpc) is 2.65. The minimum atomic E-state index is -0.729. The summed E-state index contributed by atoms with van der Waals surface area (Å²) in [4.78, 5) is 14.1. The highest BCUT2D eigenvalue weighted by Crippen LogP contribution is 2.40. The number of aromatic hydroxyl groups is 1. The molecule has 5 nitrogen and oxygen atoms in total. The van der Waals surface area contributed by atoms with E-state index in [0.717, 1.165) is 30.6 Å². The van der Waals surface area contributed by atoms with Gasteiger partial charge in [0.25, 0.3) is 0 Å². The Labute approximate surface area is 166 Å². The summed E-state index contributed by atoms with van der Waals surface area (Å²) in [5.74, 6) is -0.450. The van der Waals surface area contributed by atoms with E-state index in [-0.39, 0.29) is 10.9 Å². The SMILES string of the molecule is CC1CN(CC(Cc2ccccc2)C(=O)O)CCC1(C)c1cccc(O)c1.O. The number of rotatable bonds is 6. The number of piperidine rings is 1. The number of carboxylic acids is 1. The first-order chi connectivity index (χ1) is 12.9. The van der Waals surface area contributed by atoms with Crippen LogP contribution in [0.15, 0.2) is 54.6 Å². The summed E-state index contributed by atoms with van der Waals surface area (Å²) in [6.07, 6.45) is 1.51. The number of phenols is 1. The molecule has 3 rings (SSSR count). The van der Waals surface area contributed by atoms with Gasteiger partial charge in [0, 0.05) is 13.1 Å². The topological polar surface area (TPSA) is 92.3 Å². The molecule has 152 valence electrons.